The van der Waals surface area contributed by atoms with Gasteiger partial charge in [0.05, 0.1) is 0 Å². The Morgan fingerprint density at radius 2 is 1.54 bits per heavy atom. The van der Waals surface area contributed by atoms with E-state index in [1.165, 1.54) is 27.8 Å². The van der Waals surface area contributed by atoms with Crippen LogP contribution in [0.4, 0.5) is 0 Å². The number of allylic oxidation sites excluding steroid dienone is 3. The van der Waals surface area contributed by atoms with Gasteiger partial charge in [0.25, 0.3) is 0 Å². The van der Waals surface area contributed by atoms with Crippen molar-refractivity contribution >= 4 is 16.9 Å². The first-order chi connectivity index (χ1) is 11.6. The molecule has 0 aliphatic heterocycles. The van der Waals surface area contributed by atoms with E-state index < -0.39 is 0 Å². The maximum atomic E-state index is 4.61. The summed E-state index contributed by atoms with van der Waals surface area (Å²) in [5, 5.41) is 0. The third kappa shape index (κ3) is 3.91. The van der Waals surface area contributed by atoms with E-state index in [2.05, 4.69) is 93.9 Å². The zero-order valence-corrected chi connectivity index (χ0v) is 15.3. The Morgan fingerprint density at radius 1 is 0.958 bits per heavy atom. The lowest BCUT2D eigenvalue weighted by molar-refractivity contribution is 1.12. The summed E-state index contributed by atoms with van der Waals surface area (Å²) in [5.74, 6) is 0. The molecule has 0 N–H and O–H groups in total. The lowest BCUT2D eigenvalue weighted by Gasteiger charge is -2.17. The number of nitrogens with zero attached hydrogens (tertiary/aromatic N) is 1. The zero-order valence-electron chi connectivity index (χ0n) is 15.3. The Bertz CT molecular complexity index is 778. The highest BCUT2D eigenvalue weighted by molar-refractivity contribution is 6.11. The Balaban J connectivity index is 2.58. The first kappa shape index (κ1) is 17.9. The second-order valence-corrected chi connectivity index (χ2v) is 5.92. The Morgan fingerprint density at radius 3 is 2.12 bits per heavy atom. The average Bonchev–Trinajstić information content (AvgIpc) is 2.60. The summed E-state index contributed by atoms with van der Waals surface area (Å²) in [5.41, 5.74) is 8.21. The second-order valence-electron chi connectivity index (χ2n) is 5.92. The predicted molar refractivity (Wildman–Crippen MR) is 108 cm³/mol. The van der Waals surface area contributed by atoms with E-state index in [9.17, 15) is 0 Å². The topological polar surface area (TPSA) is 12.4 Å². The molecule has 1 nitrogen and oxygen atoms in total. The smallest absolute Gasteiger partial charge is 0.0395 e. The number of hydrogen-bond donors (Lipinski definition) is 0. The van der Waals surface area contributed by atoms with E-state index >= 15 is 0 Å². The van der Waals surface area contributed by atoms with Crippen molar-refractivity contribution in [3.05, 3.63) is 83.4 Å². The molecule has 0 aliphatic rings. The molecular weight excluding hydrogens is 290 g/mol. The molecule has 0 radical (unpaired) electrons. The van der Waals surface area contributed by atoms with Crippen LogP contribution in [0, 0.1) is 6.92 Å². The standard InChI is InChI=1S/C23H27N/c1-6-12-21(18(4)20-14-9-8-13-17(20)3)23-16-11-10-15-22(23)19(5)24-7-2/h8-16H,4,6-7H2,1-3,5H3/b21-12-,24-19+. The van der Waals surface area contributed by atoms with Crippen LogP contribution in [-0.4, -0.2) is 12.3 Å². The van der Waals surface area contributed by atoms with E-state index in [1.54, 1.807) is 0 Å². The highest BCUT2D eigenvalue weighted by Crippen LogP contribution is 2.33. The molecule has 1 heteroatoms. The fourth-order valence-corrected chi connectivity index (χ4v) is 3.01. The summed E-state index contributed by atoms with van der Waals surface area (Å²) < 4.78 is 0. The van der Waals surface area contributed by atoms with E-state index in [0.717, 1.165) is 24.3 Å². The van der Waals surface area contributed by atoms with Crippen LogP contribution in [0.5, 0.6) is 0 Å². The summed E-state index contributed by atoms with van der Waals surface area (Å²) in [4.78, 5) is 4.61. The third-order valence-corrected chi connectivity index (χ3v) is 4.21. The van der Waals surface area contributed by atoms with E-state index in [0.29, 0.717) is 0 Å². The maximum absolute atomic E-state index is 4.61. The lowest BCUT2D eigenvalue weighted by atomic mass is 9.87. The highest BCUT2D eigenvalue weighted by Gasteiger charge is 2.14. The summed E-state index contributed by atoms with van der Waals surface area (Å²) in [6, 6.07) is 16.9. The van der Waals surface area contributed by atoms with Crippen molar-refractivity contribution in [3.63, 3.8) is 0 Å². The molecule has 124 valence electrons. The highest BCUT2D eigenvalue weighted by atomic mass is 14.7. The van der Waals surface area contributed by atoms with Gasteiger partial charge in [0.2, 0.25) is 0 Å². The normalized spacial score (nSPS) is 12.3. The molecule has 0 heterocycles. The van der Waals surface area contributed by atoms with Gasteiger partial charge in [0.1, 0.15) is 0 Å². The molecule has 2 aromatic carbocycles. The molecule has 0 amide bonds. The van der Waals surface area contributed by atoms with Crippen LogP contribution in [0.15, 0.2) is 66.2 Å². The molecule has 0 bridgehead atoms. The molecule has 0 aliphatic carbocycles. The Hall–Kier alpha value is -2.41. The van der Waals surface area contributed by atoms with E-state index in [-0.39, 0.29) is 0 Å². The molecule has 0 spiro atoms. The van der Waals surface area contributed by atoms with Crippen LogP contribution in [0.1, 0.15) is 49.4 Å². The van der Waals surface area contributed by atoms with Crippen LogP contribution in [0.3, 0.4) is 0 Å². The quantitative estimate of drug-likeness (QED) is 0.436. The molecular formula is C23H27N. The van der Waals surface area contributed by atoms with Gasteiger partial charge >= 0.3 is 0 Å². The van der Waals surface area contributed by atoms with Gasteiger partial charge in [-0.1, -0.05) is 68.1 Å². The first-order valence-corrected chi connectivity index (χ1v) is 8.66. The summed E-state index contributed by atoms with van der Waals surface area (Å²) in [6.07, 6.45) is 3.24. The molecule has 0 atom stereocenters. The van der Waals surface area contributed by atoms with Crippen molar-refractivity contribution in [2.24, 2.45) is 4.99 Å². The van der Waals surface area contributed by atoms with Crippen LogP contribution in [0.2, 0.25) is 0 Å². The third-order valence-electron chi connectivity index (χ3n) is 4.21. The van der Waals surface area contributed by atoms with Gasteiger partial charge in [-0.15, -0.1) is 0 Å². The van der Waals surface area contributed by atoms with E-state index in [4.69, 9.17) is 0 Å². The zero-order chi connectivity index (χ0) is 17.5. The van der Waals surface area contributed by atoms with Crippen LogP contribution in [-0.2, 0) is 0 Å². The summed E-state index contributed by atoms with van der Waals surface area (Å²) >= 11 is 0. The number of aryl methyl sites for hydroxylation is 1. The lowest BCUT2D eigenvalue weighted by Crippen LogP contribution is -2.03. The molecule has 24 heavy (non-hydrogen) atoms. The summed E-state index contributed by atoms with van der Waals surface area (Å²) in [7, 11) is 0. The number of aliphatic imine (C=N–C) groups is 1. The monoisotopic (exact) mass is 317 g/mol. The molecule has 0 fully saturated rings. The summed E-state index contributed by atoms with van der Waals surface area (Å²) in [6.45, 7) is 13.7. The first-order valence-electron chi connectivity index (χ1n) is 8.66. The predicted octanol–water partition coefficient (Wildman–Crippen LogP) is 6.33. The number of benzene rings is 2. The molecule has 0 unspecified atom stereocenters. The van der Waals surface area contributed by atoms with Crippen LogP contribution < -0.4 is 0 Å². The molecule has 0 saturated carbocycles. The number of hydrogen-bond acceptors (Lipinski definition) is 1. The van der Waals surface area contributed by atoms with Crippen molar-refractivity contribution in [3.8, 4) is 0 Å². The largest absolute Gasteiger partial charge is 0.290 e. The SMILES string of the molecule is C=C(/C(=C/CC)c1ccccc1/C(C)=N/CC)c1ccccc1C. The fraction of sp³-hybridized carbons (Fsp3) is 0.261. The van der Waals surface area contributed by atoms with Crippen LogP contribution >= 0.6 is 0 Å². The minimum atomic E-state index is 0.797. The van der Waals surface area contributed by atoms with Gasteiger partial charge in [-0.2, -0.15) is 0 Å². The van der Waals surface area contributed by atoms with Crippen molar-refractivity contribution in [1.82, 2.24) is 0 Å². The van der Waals surface area contributed by atoms with Gasteiger partial charge in [-0.3, -0.25) is 4.99 Å². The van der Waals surface area contributed by atoms with Gasteiger partial charge < -0.3 is 0 Å². The molecule has 2 aromatic rings. The fourth-order valence-electron chi connectivity index (χ4n) is 3.01. The van der Waals surface area contributed by atoms with Gasteiger partial charge in [-0.25, -0.2) is 0 Å². The van der Waals surface area contributed by atoms with Crippen LogP contribution in [0.25, 0.3) is 11.1 Å². The minimum absolute atomic E-state index is 0.797. The maximum Gasteiger partial charge on any atom is 0.0395 e. The van der Waals surface area contributed by atoms with Gasteiger partial charge in [0, 0.05) is 17.8 Å². The molecule has 2 rings (SSSR count). The van der Waals surface area contributed by atoms with Gasteiger partial charge in [-0.05, 0) is 55.0 Å². The van der Waals surface area contributed by atoms with Crippen molar-refractivity contribution in [1.29, 1.82) is 0 Å². The van der Waals surface area contributed by atoms with Gasteiger partial charge in [0.15, 0.2) is 0 Å². The van der Waals surface area contributed by atoms with Crippen molar-refractivity contribution in [2.75, 3.05) is 6.54 Å². The second kappa shape index (κ2) is 8.44. The molecule has 0 aromatic heterocycles. The minimum Gasteiger partial charge on any atom is -0.290 e. The van der Waals surface area contributed by atoms with Crippen molar-refractivity contribution < 1.29 is 0 Å². The molecule has 0 saturated heterocycles. The Labute approximate surface area is 146 Å². The van der Waals surface area contributed by atoms with Crippen molar-refractivity contribution in [2.45, 2.75) is 34.1 Å². The average molecular weight is 317 g/mol. The van der Waals surface area contributed by atoms with E-state index in [1.807, 2.05) is 0 Å². The Kier molecular flexibility index (Phi) is 6.31. The number of rotatable bonds is 6.